The Morgan fingerprint density at radius 1 is 0.791 bits per heavy atom. The fourth-order valence-corrected chi connectivity index (χ4v) is 17.5. The Bertz CT molecular complexity index is 3480. The molecule has 5 aromatic carbocycles. The molecule has 11 rings (SSSR count). The Kier molecular flexibility index (Phi) is 19.7. The number of aromatic amines is 1. The predicted molar refractivity (Wildman–Crippen MR) is 341 cm³/mol. The van der Waals surface area contributed by atoms with Crippen molar-refractivity contribution in [2.45, 2.75) is 145 Å². The van der Waals surface area contributed by atoms with Crippen molar-refractivity contribution in [2.75, 3.05) is 25.6 Å². The van der Waals surface area contributed by atoms with Gasteiger partial charge < -0.3 is 51.8 Å². The summed E-state index contributed by atoms with van der Waals surface area (Å²) in [6.07, 6.45) is 14.1. The number of hydrogen-bond acceptors (Lipinski definition) is 13. The highest BCUT2D eigenvalue weighted by atomic mass is 33.1. The summed E-state index contributed by atoms with van der Waals surface area (Å²) in [5.41, 5.74) is 23.0. The van der Waals surface area contributed by atoms with Gasteiger partial charge in [0.15, 0.2) is 23.1 Å². The maximum Gasteiger partial charge on any atom is 0.165 e. The number of benzene rings is 5. The van der Waals surface area contributed by atoms with Crippen molar-refractivity contribution in [2.24, 2.45) is 40.6 Å². The number of aliphatic hydroxyl groups is 4. The van der Waals surface area contributed by atoms with Crippen LogP contribution >= 0.6 is 21.6 Å². The van der Waals surface area contributed by atoms with Gasteiger partial charge in [-0.3, -0.25) is 9.59 Å². The summed E-state index contributed by atoms with van der Waals surface area (Å²) in [7, 11) is 3.32. The fraction of sp³-hybridized carbons (Fsp3) is 0.444. The first kappa shape index (κ1) is 61.5. The smallest absolute Gasteiger partial charge is 0.165 e. The monoisotopic (exact) mass is 1200 g/mol. The number of phenols is 2. The van der Waals surface area contributed by atoms with Crippen LogP contribution in [0.25, 0.3) is 0 Å². The number of phenolic OH excluding ortho intramolecular Hbond substituents is 2. The van der Waals surface area contributed by atoms with E-state index in [0.29, 0.717) is 91.2 Å². The number of Topliss-reactive ketones (excluding diaryl/α,β-unsaturated/α-hetero) is 1. The number of carbonyl (C=O) groups is 2. The minimum atomic E-state index is -1.24. The second kappa shape index (κ2) is 27.5. The van der Waals surface area contributed by atoms with E-state index < -0.39 is 29.2 Å². The molecular weight excluding hydrogens is 1110 g/mol. The number of aryl methyl sites for hydroxylation is 3. The Balaban J connectivity index is 0.908. The van der Waals surface area contributed by atoms with Crippen LogP contribution in [0.1, 0.15) is 166 Å². The molecule has 9 atom stereocenters. The van der Waals surface area contributed by atoms with Gasteiger partial charge in [-0.25, -0.2) is 0 Å². The van der Waals surface area contributed by atoms with E-state index in [0.717, 1.165) is 78.5 Å². The van der Waals surface area contributed by atoms with Crippen LogP contribution in [0.3, 0.4) is 0 Å². The van der Waals surface area contributed by atoms with Crippen molar-refractivity contribution in [1.82, 2.24) is 4.98 Å². The molecule has 4 aliphatic carbocycles. The lowest BCUT2D eigenvalue weighted by Crippen LogP contribution is -2.41. The van der Waals surface area contributed by atoms with E-state index in [4.69, 9.17) is 16.2 Å². The number of ketones is 2. The molecule has 0 spiro atoms. The van der Waals surface area contributed by atoms with Crippen LogP contribution in [0.15, 0.2) is 121 Å². The normalized spacial score (nSPS) is 26.8. The van der Waals surface area contributed by atoms with E-state index in [9.17, 15) is 40.2 Å². The molecule has 1 aromatic heterocycles. The highest BCUT2D eigenvalue weighted by Crippen LogP contribution is 2.53. The number of nitrogens with two attached hydrogens (primary N) is 2. The Morgan fingerprint density at radius 2 is 1.60 bits per heavy atom. The average Bonchev–Trinajstić information content (AvgIpc) is 2.15. The van der Waals surface area contributed by atoms with Crippen LogP contribution in [0.2, 0.25) is 0 Å². The summed E-state index contributed by atoms with van der Waals surface area (Å²) in [6.45, 7) is -0.0665. The van der Waals surface area contributed by atoms with Crippen LogP contribution in [0.5, 0.6) is 17.2 Å². The topological polar surface area (TPSA) is 233 Å². The molecule has 8 bridgehead atoms. The molecular formula is C72H83N3O9S2. The molecule has 2 fully saturated rings. The number of nitrogens with one attached hydrogen (secondary N) is 1. The third kappa shape index (κ3) is 14.4. The average molecular weight is 1200 g/mol. The number of ether oxygens (including phenoxy) is 1. The number of allylic oxidation sites excluding steroid dienone is 2. The van der Waals surface area contributed by atoms with E-state index in [2.05, 4.69) is 71.4 Å². The van der Waals surface area contributed by atoms with Crippen LogP contribution in [0.4, 0.5) is 0 Å². The first-order valence-electron chi connectivity index (χ1n) is 31.0. The number of aliphatic hydroxyl groups excluding tert-OH is 3. The van der Waals surface area contributed by atoms with Gasteiger partial charge in [0.25, 0.3) is 0 Å². The van der Waals surface area contributed by atoms with E-state index >= 15 is 0 Å². The molecule has 12 nitrogen and oxygen atoms in total. The lowest BCUT2D eigenvalue weighted by Gasteiger charge is -2.42. The lowest BCUT2D eigenvalue weighted by atomic mass is 9.65. The zero-order chi connectivity index (χ0) is 60.0. The van der Waals surface area contributed by atoms with Gasteiger partial charge >= 0.3 is 0 Å². The molecule has 5 aliphatic rings. The van der Waals surface area contributed by atoms with Crippen molar-refractivity contribution >= 4 is 33.2 Å². The maximum atomic E-state index is 14.4. The third-order valence-corrected chi connectivity index (χ3v) is 22.1. The SMILES string of the molecule is NC(N)c1cc2c3cc1CSSC[C@H]1C[C@](CC[C@H]4C[C@](O)(CO)CCC[C@H]5C[C@H](CO)c6ccc(CCc7ccccc7)cc6C[C@H]54)(/C=C/C(=O)CCc4ccc(O)c(c4)OCCc4ccc(O)c(c4)[C@@H]3CC(=O)c3cc[nH]c3CC#C2)C[C@H]1O. The Morgan fingerprint density at radius 3 is 2.42 bits per heavy atom. The number of carbonyl (C=O) groups excluding carboxylic acids is 2. The van der Waals surface area contributed by atoms with Crippen molar-refractivity contribution in [3.63, 3.8) is 0 Å². The molecule has 0 unspecified atom stereocenters. The fourth-order valence-electron chi connectivity index (χ4n) is 15.0. The highest BCUT2D eigenvalue weighted by Gasteiger charge is 2.46. The van der Waals surface area contributed by atoms with Gasteiger partial charge in [0, 0.05) is 77.8 Å². The number of H-pyrrole nitrogens is 1. The van der Waals surface area contributed by atoms with Crippen LogP contribution in [-0.2, 0) is 49.1 Å². The minimum absolute atomic E-state index is 0.000304. The molecule has 2 heterocycles. The Hall–Kier alpha value is -6.12. The van der Waals surface area contributed by atoms with Crippen molar-refractivity contribution in [1.29, 1.82) is 0 Å². The Labute approximate surface area is 514 Å². The second-order valence-corrected chi connectivity index (χ2v) is 28.0. The van der Waals surface area contributed by atoms with Crippen molar-refractivity contribution in [3.8, 4) is 29.1 Å². The number of rotatable bonds is 9. The van der Waals surface area contributed by atoms with Crippen LogP contribution in [0, 0.1) is 40.9 Å². The molecule has 0 radical (unpaired) electrons. The number of fused-ring (bicyclic) bond motifs is 11. The van der Waals surface area contributed by atoms with Gasteiger partial charge in [0.1, 0.15) is 5.75 Å². The largest absolute Gasteiger partial charge is 0.508 e. The van der Waals surface area contributed by atoms with Gasteiger partial charge in [-0.05, 0) is 186 Å². The third-order valence-electron chi connectivity index (χ3n) is 19.7. The molecule has 2 saturated carbocycles. The standard InChI is InChI=1S/C72H83N3O9S2/c73-70(74)61-34-50-8-4-10-64-58(23-28-75-64)67(81)37-62-60(50)36-54(61)42-85-86-43-55-38-71(40-68(55)82,27-22-56(78)17-13-47-16-20-66(80)69(32-47)84-29-24-48-15-19-65(79)63(62)31-48)26-21-51-39-72(83,44-77)25-5-9-49-33-53(41-76)57-18-14-46(30-52(57)35-59(49)51)12-11-45-6-2-1-3-7-45/h1-3,6-7,14-16,18-20,22-23,27-28,30-32,34,36,49,51,53,55,59,62,68,70,75-77,79-80,82-83H,5,9-13,17,21,24-26,29,33,35,37-44,73-74H2/b27-22+/t49-,51-,53+,55+,59+,62+,68+,71-,72-/m0/s1. The van der Waals surface area contributed by atoms with Crippen molar-refractivity contribution < 1.29 is 45.0 Å². The second-order valence-electron chi connectivity index (χ2n) is 25.5. The maximum absolute atomic E-state index is 14.4. The molecule has 14 heteroatoms. The van der Waals surface area contributed by atoms with Gasteiger partial charge in [0.2, 0.25) is 0 Å². The van der Waals surface area contributed by atoms with E-state index in [-0.39, 0.29) is 79.4 Å². The first-order chi connectivity index (χ1) is 41.7. The quantitative estimate of drug-likeness (QED) is 0.0373. The first-order valence-corrected chi connectivity index (χ1v) is 33.5. The minimum Gasteiger partial charge on any atom is -0.508 e. The summed E-state index contributed by atoms with van der Waals surface area (Å²) < 4.78 is 6.24. The molecule has 0 amide bonds. The summed E-state index contributed by atoms with van der Waals surface area (Å²) >= 11 is 0. The molecule has 11 N–H and O–H groups in total. The molecule has 1 aliphatic heterocycles. The number of aromatic nitrogens is 1. The number of hydrogen-bond donors (Lipinski definition) is 9. The molecule has 86 heavy (non-hydrogen) atoms. The summed E-state index contributed by atoms with van der Waals surface area (Å²) in [5.74, 6) is 7.76. The van der Waals surface area contributed by atoms with Gasteiger partial charge in [0.05, 0.1) is 37.5 Å². The van der Waals surface area contributed by atoms with E-state index in [1.807, 2.05) is 24.3 Å². The number of aromatic hydroxyl groups is 2. The zero-order valence-corrected chi connectivity index (χ0v) is 50.7. The van der Waals surface area contributed by atoms with Crippen LogP contribution < -0.4 is 16.2 Å². The summed E-state index contributed by atoms with van der Waals surface area (Å²) in [5, 5.41) is 69.0. The molecule has 6 aromatic rings. The lowest BCUT2D eigenvalue weighted by molar-refractivity contribution is -0.114. The summed E-state index contributed by atoms with van der Waals surface area (Å²) in [4.78, 5) is 31.7. The van der Waals surface area contributed by atoms with E-state index in [1.165, 1.54) is 22.3 Å². The van der Waals surface area contributed by atoms with Crippen LogP contribution in [-0.4, -0.2) is 84.5 Å². The van der Waals surface area contributed by atoms with Crippen molar-refractivity contribution in [3.05, 3.63) is 194 Å². The van der Waals surface area contributed by atoms with Gasteiger partial charge in [-0.15, -0.1) is 0 Å². The molecule has 452 valence electrons. The van der Waals surface area contributed by atoms with Gasteiger partial charge in [-0.1, -0.05) is 125 Å². The summed E-state index contributed by atoms with van der Waals surface area (Å²) in [6, 6.07) is 33.7. The van der Waals surface area contributed by atoms with E-state index in [1.54, 1.807) is 64.2 Å². The zero-order valence-electron chi connectivity index (χ0n) is 49.1. The molecule has 0 saturated heterocycles. The van der Waals surface area contributed by atoms with Gasteiger partial charge in [-0.2, -0.15) is 0 Å². The predicted octanol–water partition coefficient (Wildman–Crippen LogP) is 11.4. The highest BCUT2D eigenvalue weighted by molar-refractivity contribution is 8.76.